The maximum atomic E-state index is 10.6. The molecule has 0 radical (unpaired) electrons. The van der Waals surface area contributed by atoms with Crippen LogP contribution in [0.3, 0.4) is 0 Å². The summed E-state index contributed by atoms with van der Waals surface area (Å²) in [6, 6.07) is 4.59. The Morgan fingerprint density at radius 1 is 1.38 bits per heavy atom. The molecule has 0 saturated heterocycles. The van der Waals surface area contributed by atoms with E-state index in [1.54, 1.807) is 12.1 Å². The highest BCUT2D eigenvalue weighted by Gasteiger charge is 2.14. The van der Waals surface area contributed by atoms with Gasteiger partial charge in [0.15, 0.2) is 5.92 Å². The van der Waals surface area contributed by atoms with Gasteiger partial charge in [0, 0.05) is 0 Å². The number of hydrogen-bond donors (Lipinski definition) is 1. The molecular formula is C8H6N4O3S. The van der Waals surface area contributed by atoms with Gasteiger partial charge >= 0.3 is 0 Å². The van der Waals surface area contributed by atoms with Gasteiger partial charge in [-0.25, -0.2) is 9.97 Å². The molecule has 82 valence electrons. The first kappa shape index (κ1) is 12.0. The maximum Gasteiger partial charge on any atom is 0.270 e. The van der Waals surface area contributed by atoms with Crippen LogP contribution < -0.4 is 0 Å². The van der Waals surface area contributed by atoms with E-state index < -0.39 is 21.8 Å². The summed E-state index contributed by atoms with van der Waals surface area (Å²) in [5.41, 5.74) is 0.140. The predicted molar refractivity (Wildman–Crippen MR) is 51.3 cm³/mol. The lowest BCUT2D eigenvalue weighted by Gasteiger charge is -2.01. The summed E-state index contributed by atoms with van der Waals surface area (Å²) in [5, 5.41) is 17.2. The van der Waals surface area contributed by atoms with Crippen LogP contribution in [0.25, 0.3) is 0 Å². The predicted octanol–water partition coefficient (Wildman–Crippen LogP) is -0.00484. The lowest BCUT2D eigenvalue weighted by atomic mass is 10.1. The van der Waals surface area contributed by atoms with Gasteiger partial charge in [-0.15, -0.1) is 0 Å². The first-order valence-electron chi connectivity index (χ1n) is 4.01. The Morgan fingerprint density at radius 3 is 2.50 bits per heavy atom. The molecule has 0 amide bonds. The highest BCUT2D eigenvalue weighted by atomic mass is 32.2. The van der Waals surface area contributed by atoms with Crippen molar-refractivity contribution in [3.8, 4) is 12.1 Å². The number of hydrogen-bond acceptors (Lipinski definition) is 6. The topological polar surface area (TPSA) is 128 Å². The minimum Gasteiger partial charge on any atom is -0.285 e. The molecule has 0 bridgehead atoms. The van der Waals surface area contributed by atoms with E-state index in [2.05, 4.69) is 9.97 Å². The summed E-state index contributed by atoms with van der Waals surface area (Å²) >= 11 is 0. The fraction of sp³-hybridized carbons (Fsp3) is 0.250. The molecule has 1 heterocycles. The van der Waals surface area contributed by atoms with Crippen molar-refractivity contribution in [1.29, 1.82) is 10.5 Å². The molecule has 16 heavy (non-hydrogen) atoms. The number of nitriles is 2. The zero-order valence-corrected chi connectivity index (χ0v) is 8.72. The highest BCUT2D eigenvalue weighted by molar-refractivity contribution is 7.84. The zero-order valence-electron chi connectivity index (χ0n) is 7.90. The fourth-order valence-electron chi connectivity index (χ4n) is 1.000. The molecule has 0 aliphatic heterocycles. The van der Waals surface area contributed by atoms with Crippen LogP contribution in [0.1, 0.15) is 17.3 Å². The average molecular weight is 238 g/mol. The molecule has 0 spiro atoms. The van der Waals surface area contributed by atoms with Crippen molar-refractivity contribution in [1.82, 2.24) is 9.97 Å². The molecule has 0 aromatic carbocycles. The zero-order chi connectivity index (χ0) is 12.2. The Morgan fingerprint density at radius 2 is 2.00 bits per heavy atom. The van der Waals surface area contributed by atoms with Crippen LogP contribution in [0, 0.1) is 22.7 Å². The van der Waals surface area contributed by atoms with E-state index in [-0.39, 0.29) is 11.4 Å². The first-order chi connectivity index (χ1) is 7.46. The molecular weight excluding hydrogens is 232 g/mol. The van der Waals surface area contributed by atoms with Gasteiger partial charge in [0.1, 0.15) is 12.1 Å². The molecule has 1 aromatic heterocycles. The molecule has 0 atom stereocenters. The number of rotatable bonds is 3. The molecule has 8 heteroatoms. The molecule has 1 aromatic rings. The lowest BCUT2D eigenvalue weighted by Crippen LogP contribution is -2.06. The van der Waals surface area contributed by atoms with Crippen LogP contribution in [0.2, 0.25) is 0 Å². The second-order valence-electron chi connectivity index (χ2n) is 2.85. The SMILES string of the molecule is N#CC(C#N)c1cc(CS(=O)(=O)O)ncn1. The van der Waals surface area contributed by atoms with Crippen LogP contribution in [-0.4, -0.2) is 22.9 Å². The molecule has 0 aliphatic carbocycles. The summed E-state index contributed by atoms with van der Waals surface area (Å²) in [4.78, 5) is 7.29. The molecule has 7 nitrogen and oxygen atoms in total. The van der Waals surface area contributed by atoms with E-state index in [4.69, 9.17) is 15.1 Å². The Labute approximate surface area is 91.7 Å². The van der Waals surface area contributed by atoms with Crippen LogP contribution in [0.15, 0.2) is 12.4 Å². The third-order valence-corrected chi connectivity index (χ3v) is 2.29. The van der Waals surface area contributed by atoms with E-state index in [0.717, 1.165) is 6.33 Å². The fourth-order valence-corrected chi connectivity index (χ4v) is 1.53. The second kappa shape index (κ2) is 4.66. The van der Waals surface area contributed by atoms with Gasteiger partial charge in [-0.2, -0.15) is 18.9 Å². The minimum absolute atomic E-state index is 0.0306. The van der Waals surface area contributed by atoms with Crippen LogP contribution in [0.5, 0.6) is 0 Å². The molecule has 1 rings (SSSR count). The standard InChI is InChI=1S/C8H6N4O3S/c9-2-6(3-10)8-1-7(11-5-12-8)4-16(13,14)15/h1,5-6H,4H2,(H,13,14,15). The Balaban J connectivity index is 3.06. The van der Waals surface area contributed by atoms with Crippen molar-refractivity contribution in [2.45, 2.75) is 11.7 Å². The van der Waals surface area contributed by atoms with E-state index >= 15 is 0 Å². The second-order valence-corrected chi connectivity index (χ2v) is 4.30. The summed E-state index contributed by atoms with van der Waals surface area (Å²) < 4.78 is 29.8. The van der Waals surface area contributed by atoms with Crippen molar-refractivity contribution >= 4 is 10.1 Å². The third-order valence-electron chi connectivity index (χ3n) is 1.63. The van der Waals surface area contributed by atoms with Gasteiger partial charge in [-0.1, -0.05) is 0 Å². The molecule has 0 fully saturated rings. The van der Waals surface area contributed by atoms with Crippen molar-refractivity contribution in [3.05, 3.63) is 23.8 Å². The number of aromatic nitrogens is 2. The van der Waals surface area contributed by atoms with E-state index in [9.17, 15) is 8.42 Å². The van der Waals surface area contributed by atoms with E-state index in [1.807, 2.05) is 0 Å². The van der Waals surface area contributed by atoms with Gasteiger partial charge in [-0.3, -0.25) is 4.55 Å². The average Bonchev–Trinajstić information content (AvgIpc) is 2.17. The summed E-state index contributed by atoms with van der Waals surface area (Å²) in [6.07, 6.45) is 1.04. The maximum absolute atomic E-state index is 10.6. The van der Waals surface area contributed by atoms with Crippen LogP contribution >= 0.6 is 0 Å². The summed E-state index contributed by atoms with van der Waals surface area (Å²) in [6.45, 7) is 0. The Bertz CT molecular complexity index is 556. The third kappa shape index (κ3) is 3.28. The van der Waals surface area contributed by atoms with Gasteiger partial charge < -0.3 is 0 Å². The van der Waals surface area contributed by atoms with Gasteiger partial charge in [0.25, 0.3) is 10.1 Å². The smallest absolute Gasteiger partial charge is 0.270 e. The number of nitrogens with zero attached hydrogens (tertiary/aromatic N) is 4. The van der Waals surface area contributed by atoms with Crippen molar-refractivity contribution in [2.75, 3.05) is 0 Å². The Kier molecular flexibility index (Phi) is 3.51. The molecule has 1 N–H and O–H groups in total. The largest absolute Gasteiger partial charge is 0.285 e. The van der Waals surface area contributed by atoms with Gasteiger partial charge in [0.05, 0.1) is 23.5 Å². The quantitative estimate of drug-likeness (QED) is 0.733. The van der Waals surface area contributed by atoms with Gasteiger partial charge in [-0.05, 0) is 6.07 Å². The van der Waals surface area contributed by atoms with E-state index in [1.165, 1.54) is 6.07 Å². The van der Waals surface area contributed by atoms with Crippen molar-refractivity contribution in [3.63, 3.8) is 0 Å². The molecule has 0 saturated carbocycles. The lowest BCUT2D eigenvalue weighted by molar-refractivity contribution is 0.481. The normalized spacial score (nSPS) is 10.8. The highest BCUT2D eigenvalue weighted by Crippen LogP contribution is 2.12. The summed E-state index contributed by atoms with van der Waals surface area (Å²) in [5.74, 6) is -1.75. The van der Waals surface area contributed by atoms with Gasteiger partial charge in [0.2, 0.25) is 0 Å². The van der Waals surface area contributed by atoms with Crippen molar-refractivity contribution < 1.29 is 13.0 Å². The molecule has 0 aliphatic rings. The molecule has 0 unspecified atom stereocenters. The first-order valence-corrected chi connectivity index (χ1v) is 5.62. The monoisotopic (exact) mass is 238 g/mol. The van der Waals surface area contributed by atoms with Crippen molar-refractivity contribution in [2.24, 2.45) is 0 Å². The summed E-state index contributed by atoms with van der Waals surface area (Å²) in [7, 11) is -4.19. The van der Waals surface area contributed by atoms with Crippen LogP contribution in [0.4, 0.5) is 0 Å². The minimum atomic E-state index is -4.19. The Hall–Kier alpha value is -2.03. The van der Waals surface area contributed by atoms with E-state index in [0.29, 0.717) is 0 Å². The van der Waals surface area contributed by atoms with Crippen LogP contribution in [-0.2, 0) is 15.9 Å².